The van der Waals surface area contributed by atoms with Crippen LogP contribution in [-0.4, -0.2) is 60.9 Å². The number of nitrogens with zero attached hydrogens (tertiary/aromatic N) is 2. The summed E-state index contributed by atoms with van der Waals surface area (Å²) in [4.78, 5) is 31.0. The van der Waals surface area contributed by atoms with E-state index in [0.29, 0.717) is 42.4 Å². The van der Waals surface area contributed by atoms with Gasteiger partial charge >= 0.3 is 0 Å². The van der Waals surface area contributed by atoms with Crippen molar-refractivity contribution in [2.45, 2.75) is 37.6 Å². The Balaban J connectivity index is 1.55. The zero-order chi connectivity index (χ0) is 22.9. The summed E-state index contributed by atoms with van der Waals surface area (Å²) in [5.41, 5.74) is 2.28. The Bertz CT molecular complexity index is 997. The second-order valence-corrected chi connectivity index (χ2v) is 9.89. The minimum atomic E-state index is -0.685. The maximum Gasteiger partial charge on any atom is 0.245 e. The molecule has 1 atom stereocenters. The number of halogens is 2. The molecule has 1 unspecified atom stereocenters. The monoisotopic (exact) mass is 473 g/mol. The van der Waals surface area contributed by atoms with Crippen molar-refractivity contribution in [1.82, 2.24) is 15.1 Å². The molecule has 32 heavy (non-hydrogen) atoms. The van der Waals surface area contributed by atoms with E-state index < -0.39 is 11.5 Å². The molecule has 1 heterocycles. The molecular formula is C25H29Cl2N3O2. The molecule has 5 nitrogen and oxygen atoms in total. The van der Waals surface area contributed by atoms with Crippen LogP contribution in [0, 0.1) is 6.92 Å². The largest absolute Gasteiger partial charge is 0.343 e. The molecule has 1 saturated carbocycles. The molecule has 7 heteroatoms. The van der Waals surface area contributed by atoms with E-state index in [-0.39, 0.29) is 11.8 Å². The van der Waals surface area contributed by atoms with Gasteiger partial charge in [-0.15, -0.1) is 0 Å². The average Bonchev–Trinajstić information content (AvgIpc) is 3.56. The number of rotatable bonds is 6. The highest BCUT2D eigenvalue weighted by Gasteiger charge is 2.53. The zero-order valence-corrected chi connectivity index (χ0v) is 20.0. The third-order valence-electron chi connectivity index (χ3n) is 6.61. The van der Waals surface area contributed by atoms with Crippen LogP contribution in [0.4, 0.5) is 0 Å². The maximum absolute atomic E-state index is 13.5. The third kappa shape index (κ3) is 4.95. The van der Waals surface area contributed by atoms with E-state index in [1.54, 1.807) is 12.1 Å². The van der Waals surface area contributed by atoms with Gasteiger partial charge < -0.3 is 15.1 Å². The van der Waals surface area contributed by atoms with Crippen molar-refractivity contribution >= 4 is 35.0 Å². The molecule has 1 aliphatic heterocycles. The van der Waals surface area contributed by atoms with Crippen LogP contribution in [0.5, 0.6) is 0 Å². The number of benzene rings is 2. The van der Waals surface area contributed by atoms with Crippen LogP contribution in [0.15, 0.2) is 42.5 Å². The molecule has 0 bridgehead atoms. The summed E-state index contributed by atoms with van der Waals surface area (Å²) in [6, 6.07) is 12.8. The summed E-state index contributed by atoms with van der Waals surface area (Å²) >= 11 is 12.5. The van der Waals surface area contributed by atoms with Gasteiger partial charge in [-0.3, -0.25) is 9.59 Å². The van der Waals surface area contributed by atoms with Crippen molar-refractivity contribution in [2.75, 3.05) is 33.2 Å². The summed E-state index contributed by atoms with van der Waals surface area (Å²) in [5, 5.41) is 4.13. The molecule has 0 aromatic heterocycles. The summed E-state index contributed by atoms with van der Waals surface area (Å²) in [5.74, 6) is -0.161. The van der Waals surface area contributed by atoms with Gasteiger partial charge in [-0.25, -0.2) is 0 Å². The third-order valence-corrected chi connectivity index (χ3v) is 7.16. The Morgan fingerprint density at radius 2 is 1.69 bits per heavy atom. The first-order chi connectivity index (χ1) is 15.3. The highest BCUT2D eigenvalue weighted by Crippen LogP contribution is 2.51. The molecule has 0 radical (unpaired) electrons. The first-order valence-electron chi connectivity index (χ1n) is 11.1. The lowest BCUT2D eigenvalue weighted by Gasteiger charge is -2.35. The van der Waals surface area contributed by atoms with E-state index in [4.69, 9.17) is 23.2 Å². The standard InChI is InChI=1S/C25H29Cl2N3O2/c1-17-3-5-18(6-4-17)15-22(23(31)30-13-11-29(2)12-14-30)28-24(32)25(9-10-25)20-8-7-19(26)16-21(20)27/h3-8,16,22H,9-15H2,1-2H3,(H,28,32). The Hall–Kier alpha value is -2.08. The van der Waals surface area contributed by atoms with Gasteiger partial charge in [0.15, 0.2) is 0 Å². The predicted octanol–water partition coefficient (Wildman–Crippen LogP) is 3.83. The van der Waals surface area contributed by atoms with Crippen LogP contribution in [0.2, 0.25) is 10.0 Å². The van der Waals surface area contributed by atoms with Crippen LogP contribution in [0.1, 0.15) is 29.5 Å². The fraction of sp³-hybridized carbons (Fsp3) is 0.440. The fourth-order valence-corrected chi connectivity index (χ4v) is 4.91. The second kappa shape index (κ2) is 9.42. The SMILES string of the molecule is Cc1ccc(CC(NC(=O)C2(c3ccc(Cl)cc3Cl)CC2)C(=O)N2CCN(C)CC2)cc1. The number of hydrogen-bond donors (Lipinski definition) is 1. The van der Waals surface area contributed by atoms with E-state index in [9.17, 15) is 9.59 Å². The molecule has 1 aliphatic carbocycles. The topological polar surface area (TPSA) is 52.7 Å². The average molecular weight is 474 g/mol. The predicted molar refractivity (Wildman–Crippen MR) is 128 cm³/mol. The molecule has 1 saturated heterocycles. The van der Waals surface area contributed by atoms with Crippen molar-refractivity contribution in [3.05, 3.63) is 69.2 Å². The lowest BCUT2D eigenvalue weighted by atomic mass is 9.93. The molecule has 2 aliphatic rings. The van der Waals surface area contributed by atoms with Crippen LogP contribution >= 0.6 is 23.2 Å². The molecule has 2 amide bonds. The van der Waals surface area contributed by atoms with Gasteiger partial charge in [-0.05, 0) is 50.1 Å². The molecule has 2 aromatic carbocycles. The quantitative estimate of drug-likeness (QED) is 0.693. The highest BCUT2D eigenvalue weighted by molar-refractivity contribution is 6.35. The summed E-state index contributed by atoms with van der Waals surface area (Å²) in [6.45, 7) is 5.04. The smallest absolute Gasteiger partial charge is 0.245 e. The molecule has 1 N–H and O–H groups in total. The molecule has 170 valence electrons. The molecule has 2 aromatic rings. The van der Waals surface area contributed by atoms with Gasteiger partial charge in [-0.1, -0.05) is 59.1 Å². The number of carbonyl (C=O) groups is 2. The number of carbonyl (C=O) groups excluding carboxylic acids is 2. The zero-order valence-electron chi connectivity index (χ0n) is 18.5. The van der Waals surface area contributed by atoms with Gasteiger partial charge in [-0.2, -0.15) is 0 Å². The number of piperazine rings is 1. The van der Waals surface area contributed by atoms with E-state index in [1.165, 1.54) is 0 Å². The molecule has 2 fully saturated rings. The first-order valence-corrected chi connectivity index (χ1v) is 11.8. The van der Waals surface area contributed by atoms with Gasteiger partial charge in [0, 0.05) is 42.6 Å². The fourth-order valence-electron chi connectivity index (χ4n) is 4.32. The molecule has 0 spiro atoms. The number of amides is 2. The summed E-state index contributed by atoms with van der Waals surface area (Å²) in [6.07, 6.45) is 1.88. The normalized spacial score (nSPS) is 18.8. The maximum atomic E-state index is 13.5. The number of likely N-dealkylation sites (N-methyl/N-ethyl adjacent to an activating group) is 1. The van der Waals surface area contributed by atoms with Crippen LogP contribution in [-0.2, 0) is 21.4 Å². The lowest BCUT2D eigenvalue weighted by Crippen LogP contribution is -2.56. The van der Waals surface area contributed by atoms with E-state index in [1.807, 2.05) is 42.2 Å². The molecular weight excluding hydrogens is 445 g/mol. The van der Waals surface area contributed by atoms with Crippen molar-refractivity contribution in [2.24, 2.45) is 0 Å². The Labute approximate surface area is 199 Å². The van der Waals surface area contributed by atoms with Gasteiger partial charge in [0.2, 0.25) is 11.8 Å². The Kier molecular flexibility index (Phi) is 6.80. The second-order valence-electron chi connectivity index (χ2n) is 9.05. The Morgan fingerprint density at radius 3 is 2.28 bits per heavy atom. The van der Waals surface area contributed by atoms with Gasteiger partial charge in [0.25, 0.3) is 0 Å². The van der Waals surface area contributed by atoms with E-state index >= 15 is 0 Å². The van der Waals surface area contributed by atoms with Crippen molar-refractivity contribution in [3.63, 3.8) is 0 Å². The van der Waals surface area contributed by atoms with Gasteiger partial charge in [0.1, 0.15) is 6.04 Å². The van der Waals surface area contributed by atoms with Crippen molar-refractivity contribution < 1.29 is 9.59 Å². The van der Waals surface area contributed by atoms with Crippen LogP contribution in [0.25, 0.3) is 0 Å². The van der Waals surface area contributed by atoms with Gasteiger partial charge in [0.05, 0.1) is 5.41 Å². The van der Waals surface area contributed by atoms with E-state index in [0.717, 1.165) is 29.8 Å². The highest BCUT2D eigenvalue weighted by atomic mass is 35.5. The minimum Gasteiger partial charge on any atom is -0.343 e. The number of nitrogens with one attached hydrogen (secondary N) is 1. The van der Waals surface area contributed by atoms with Crippen molar-refractivity contribution in [1.29, 1.82) is 0 Å². The number of aryl methyl sites for hydroxylation is 1. The first kappa shape index (κ1) is 23.1. The minimum absolute atomic E-state index is 0.0231. The summed E-state index contributed by atoms with van der Waals surface area (Å²) in [7, 11) is 2.06. The summed E-state index contributed by atoms with van der Waals surface area (Å²) < 4.78 is 0. The van der Waals surface area contributed by atoms with Crippen LogP contribution < -0.4 is 5.32 Å². The van der Waals surface area contributed by atoms with Crippen LogP contribution in [0.3, 0.4) is 0 Å². The van der Waals surface area contributed by atoms with E-state index in [2.05, 4.69) is 17.3 Å². The van der Waals surface area contributed by atoms with Crippen molar-refractivity contribution in [3.8, 4) is 0 Å². The Morgan fingerprint density at radius 1 is 1.03 bits per heavy atom. The lowest BCUT2D eigenvalue weighted by molar-refractivity contribution is -0.138. The molecule has 4 rings (SSSR count). The number of hydrogen-bond acceptors (Lipinski definition) is 3.